The molecule has 2 rings (SSSR count). The molecule has 0 spiro atoms. The summed E-state index contributed by atoms with van der Waals surface area (Å²) in [6, 6.07) is 10.6. The lowest BCUT2D eigenvalue weighted by atomic mass is 10.0. The fourth-order valence-corrected chi connectivity index (χ4v) is 2.45. The van der Waals surface area contributed by atoms with Crippen LogP contribution in [-0.4, -0.2) is 11.6 Å². The molecule has 6 heteroatoms. The van der Waals surface area contributed by atoms with E-state index >= 15 is 0 Å². The second-order valence-corrected chi connectivity index (χ2v) is 5.28. The van der Waals surface area contributed by atoms with Crippen LogP contribution in [0, 0.1) is 11.2 Å². The summed E-state index contributed by atoms with van der Waals surface area (Å²) in [5.74, 6) is -0.976. The van der Waals surface area contributed by atoms with Gasteiger partial charge in [0.2, 0.25) is 5.91 Å². The minimum atomic E-state index is -0.613. The molecule has 0 fully saturated rings. The van der Waals surface area contributed by atoms with Crippen molar-refractivity contribution in [2.24, 2.45) is 11.5 Å². The van der Waals surface area contributed by atoms with Gasteiger partial charge in [0, 0.05) is 16.8 Å². The zero-order valence-electron chi connectivity index (χ0n) is 11.6. The van der Waals surface area contributed by atoms with E-state index in [9.17, 15) is 9.18 Å². The van der Waals surface area contributed by atoms with Crippen molar-refractivity contribution in [1.82, 2.24) is 0 Å². The molecule has 0 heterocycles. The van der Waals surface area contributed by atoms with E-state index in [0.717, 1.165) is 0 Å². The van der Waals surface area contributed by atoms with Crippen LogP contribution in [0.5, 0.6) is 0 Å². The number of halogens is 1. The highest BCUT2D eigenvalue weighted by Gasteiger charge is 2.14. The molecule has 2 aromatic carbocycles. The van der Waals surface area contributed by atoms with E-state index in [0.29, 0.717) is 22.1 Å². The predicted molar refractivity (Wildman–Crippen MR) is 89.7 cm³/mol. The monoisotopic (exact) mass is 315 g/mol. The molecule has 0 saturated heterocycles. The number of hydrogen-bond acceptors (Lipinski definition) is 3. The summed E-state index contributed by atoms with van der Waals surface area (Å²) in [7, 11) is 2.46. The Labute approximate surface area is 129 Å². The minimum absolute atomic E-state index is 0.0567. The highest BCUT2D eigenvalue weighted by Crippen LogP contribution is 2.14. The normalized spacial score (nSPS) is 11.3. The maximum atomic E-state index is 12.9. The molecule has 112 valence electrons. The van der Waals surface area contributed by atoms with Gasteiger partial charge in [-0.25, -0.2) is 4.39 Å². The van der Waals surface area contributed by atoms with Crippen molar-refractivity contribution in [3.63, 3.8) is 0 Å². The summed E-state index contributed by atoms with van der Waals surface area (Å²) in [5.41, 5.74) is 12.9. The van der Waals surface area contributed by atoms with Crippen molar-refractivity contribution in [2.75, 3.05) is 0 Å². The third-order valence-corrected chi connectivity index (χ3v) is 3.59. The average molecular weight is 315 g/mol. The average Bonchev–Trinajstić information content (AvgIpc) is 2.47. The fraction of sp³-hybridized carbons (Fsp3) is 0. The van der Waals surface area contributed by atoms with Gasteiger partial charge >= 0.3 is 0 Å². The molecule has 0 bridgehead atoms. The van der Waals surface area contributed by atoms with Gasteiger partial charge in [-0.1, -0.05) is 24.3 Å². The first kappa shape index (κ1) is 15.9. The van der Waals surface area contributed by atoms with E-state index in [2.05, 4.69) is 9.24 Å². The third kappa shape index (κ3) is 3.38. The van der Waals surface area contributed by atoms with Crippen molar-refractivity contribution >= 4 is 31.9 Å². The Bertz CT molecular complexity index is 769. The van der Waals surface area contributed by atoms with Gasteiger partial charge in [0.25, 0.3) is 0 Å². The Hall–Kier alpha value is -2.52. The lowest BCUT2D eigenvalue weighted by molar-refractivity contribution is 0.1000. The summed E-state index contributed by atoms with van der Waals surface area (Å²) in [4.78, 5) is 11.5. The summed E-state index contributed by atoms with van der Waals surface area (Å²) < 4.78 is 12.9. The number of benzene rings is 2. The topological polar surface area (TPSA) is 93.0 Å². The van der Waals surface area contributed by atoms with Crippen molar-refractivity contribution in [3.8, 4) is 0 Å². The molecule has 0 aromatic heterocycles. The number of nitrogens with one attached hydrogen (secondary N) is 1. The fourth-order valence-electron chi connectivity index (χ4n) is 2.03. The summed E-state index contributed by atoms with van der Waals surface area (Å²) >= 11 is 0. The first-order valence-electron chi connectivity index (χ1n) is 6.40. The van der Waals surface area contributed by atoms with Crippen molar-refractivity contribution in [1.29, 1.82) is 5.41 Å². The van der Waals surface area contributed by atoms with E-state index < -0.39 is 5.91 Å². The Kier molecular flexibility index (Phi) is 4.68. The molecule has 2 aromatic rings. The molecule has 0 saturated carbocycles. The highest BCUT2D eigenvalue weighted by molar-refractivity contribution is 7.27. The van der Waals surface area contributed by atoms with Crippen LogP contribution in [0.1, 0.15) is 21.5 Å². The minimum Gasteiger partial charge on any atom is -0.398 e. The van der Waals surface area contributed by atoms with Gasteiger partial charge < -0.3 is 16.9 Å². The Balaban J connectivity index is 2.42. The number of carbonyl (C=O) groups is 1. The summed E-state index contributed by atoms with van der Waals surface area (Å²) in [6.07, 6.45) is 1.42. The van der Waals surface area contributed by atoms with Crippen LogP contribution in [0.2, 0.25) is 0 Å². The standard InChI is InChI=1S/C16H15FN3OP/c17-10-6-4-9(5-7-10)12(18)8-13(19)15-11(16(20)21)2-1-3-14(15)22/h1-8,19H,18,22H2,(H2,20,21)/b12-8-,19-13?. The number of rotatable bonds is 4. The molecule has 1 amide bonds. The largest absolute Gasteiger partial charge is 0.398 e. The number of amides is 1. The maximum Gasteiger partial charge on any atom is 0.249 e. The van der Waals surface area contributed by atoms with Gasteiger partial charge in [-0.2, -0.15) is 0 Å². The molecule has 1 unspecified atom stereocenters. The molecular formula is C16H15FN3OP. The van der Waals surface area contributed by atoms with Crippen LogP contribution in [-0.2, 0) is 0 Å². The number of hydrogen-bond donors (Lipinski definition) is 3. The Morgan fingerprint density at radius 1 is 1.14 bits per heavy atom. The van der Waals surface area contributed by atoms with Crippen LogP contribution >= 0.6 is 9.24 Å². The summed E-state index contributed by atoms with van der Waals surface area (Å²) in [5, 5.41) is 8.85. The lowest BCUT2D eigenvalue weighted by Gasteiger charge is -2.10. The molecule has 22 heavy (non-hydrogen) atoms. The molecule has 0 radical (unpaired) electrons. The van der Waals surface area contributed by atoms with Gasteiger partial charge in [0.05, 0.1) is 5.71 Å². The van der Waals surface area contributed by atoms with E-state index in [1.165, 1.54) is 30.3 Å². The van der Waals surface area contributed by atoms with Crippen LogP contribution < -0.4 is 16.8 Å². The zero-order chi connectivity index (χ0) is 16.3. The second kappa shape index (κ2) is 6.50. The Morgan fingerprint density at radius 3 is 2.36 bits per heavy atom. The number of nitrogens with two attached hydrogens (primary N) is 2. The highest BCUT2D eigenvalue weighted by atomic mass is 31.0. The van der Waals surface area contributed by atoms with Crippen LogP contribution in [0.3, 0.4) is 0 Å². The second-order valence-electron chi connectivity index (χ2n) is 4.65. The molecule has 0 aliphatic rings. The van der Waals surface area contributed by atoms with Gasteiger partial charge in [-0.3, -0.25) is 4.79 Å². The van der Waals surface area contributed by atoms with E-state index in [1.807, 2.05) is 0 Å². The molecule has 1 atom stereocenters. The lowest BCUT2D eigenvalue weighted by Crippen LogP contribution is -2.21. The molecule has 5 N–H and O–H groups in total. The molecule has 0 aliphatic heterocycles. The van der Waals surface area contributed by atoms with E-state index in [4.69, 9.17) is 16.9 Å². The third-order valence-electron chi connectivity index (χ3n) is 3.11. The first-order chi connectivity index (χ1) is 10.4. The number of primary amides is 1. The van der Waals surface area contributed by atoms with Gasteiger partial charge in [0.15, 0.2) is 0 Å². The summed E-state index contributed by atoms with van der Waals surface area (Å²) in [6.45, 7) is 0. The Morgan fingerprint density at radius 2 is 1.77 bits per heavy atom. The van der Waals surface area contributed by atoms with Gasteiger partial charge in [-0.15, -0.1) is 9.24 Å². The zero-order valence-corrected chi connectivity index (χ0v) is 12.8. The van der Waals surface area contributed by atoms with E-state index in [1.54, 1.807) is 18.2 Å². The molecular weight excluding hydrogens is 300 g/mol. The van der Waals surface area contributed by atoms with Crippen LogP contribution in [0.15, 0.2) is 48.5 Å². The molecule has 0 aliphatic carbocycles. The smallest absolute Gasteiger partial charge is 0.249 e. The maximum absolute atomic E-state index is 12.9. The SMILES string of the molecule is N=C(/C=C(\N)c1ccc(F)cc1)c1c(P)cccc1C(N)=O. The number of allylic oxidation sites excluding steroid dienone is 1. The van der Waals surface area contributed by atoms with Gasteiger partial charge in [0.1, 0.15) is 5.82 Å². The van der Waals surface area contributed by atoms with Crippen LogP contribution in [0.25, 0.3) is 5.70 Å². The van der Waals surface area contributed by atoms with Crippen LogP contribution in [0.4, 0.5) is 4.39 Å². The molecule has 4 nitrogen and oxygen atoms in total. The first-order valence-corrected chi connectivity index (χ1v) is 6.98. The van der Waals surface area contributed by atoms with Crippen molar-refractivity contribution < 1.29 is 9.18 Å². The van der Waals surface area contributed by atoms with E-state index in [-0.39, 0.29) is 17.1 Å². The quantitative estimate of drug-likeness (QED) is 0.593. The van der Waals surface area contributed by atoms with Crippen molar-refractivity contribution in [2.45, 2.75) is 0 Å². The number of carbonyl (C=O) groups excluding carboxylic acids is 1. The van der Waals surface area contributed by atoms with Crippen molar-refractivity contribution in [3.05, 3.63) is 71.0 Å². The van der Waals surface area contributed by atoms with Gasteiger partial charge in [-0.05, 0) is 35.1 Å². The predicted octanol–water partition coefficient (Wildman–Crippen LogP) is 1.79.